The third-order valence-corrected chi connectivity index (χ3v) is 5.41. The van der Waals surface area contributed by atoms with Gasteiger partial charge in [0.1, 0.15) is 5.75 Å². The number of hydrogen-bond acceptors (Lipinski definition) is 5. The average Bonchev–Trinajstić information content (AvgIpc) is 3.39. The quantitative estimate of drug-likeness (QED) is 0.603. The summed E-state index contributed by atoms with van der Waals surface area (Å²) in [6.07, 6.45) is 2.78. The SMILES string of the molecule is CCOc1ccc(-c2noc(CCC(=O)N(C)C3CCc4ccccc43)n2)cc1. The van der Waals surface area contributed by atoms with Gasteiger partial charge in [-0.15, -0.1) is 0 Å². The van der Waals surface area contributed by atoms with Gasteiger partial charge in [-0.05, 0) is 55.2 Å². The molecule has 1 unspecified atom stereocenters. The van der Waals surface area contributed by atoms with Crippen molar-refractivity contribution in [1.29, 1.82) is 0 Å². The number of nitrogens with zero attached hydrogens (tertiary/aromatic N) is 3. The highest BCUT2D eigenvalue weighted by Crippen LogP contribution is 2.35. The maximum Gasteiger partial charge on any atom is 0.227 e. The predicted octanol–water partition coefficient (Wildman–Crippen LogP) is 4.21. The number of fused-ring (bicyclic) bond motifs is 1. The van der Waals surface area contributed by atoms with Crippen LogP contribution in [0.15, 0.2) is 53.1 Å². The van der Waals surface area contributed by atoms with Gasteiger partial charge in [0.05, 0.1) is 12.6 Å². The third-order valence-electron chi connectivity index (χ3n) is 5.41. The summed E-state index contributed by atoms with van der Waals surface area (Å²) >= 11 is 0. The monoisotopic (exact) mass is 391 g/mol. The van der Waals surface area contributed by atoms with Gasteiger partial charge in [0, 0.05) is 25.5 Å². The summed E-state index contributed by atoms with van der Waals surface area (Å²) in [4.78, 5) is 19.0. The molecule has 0 radical (unpaired) electrons. The van der Waals surface area contributed by atoms with Crippen molar-refractivity contribution in [2.24, 2.45) is 0 Å². The van der Waals surface area contributed by atoms with Crippen LogP contribution >= 0.6 is 0 Å². The summed E-state index contributed by atoms with van der Waals surface area (Å²) in [6.45, 7) is 2.57. The molecule has 1 aliphatic rings. The Hall–Kier alpha value is -3.15. The summed E-state index contributed by atoms with van der Waals surface area (Å²) in [5.41, 5.74) is 3.46. The van der Waals surface area contributed by atoms with E-state index in [4.69, 9.17) is 9.26 Å². The molecule has 0 fully saturated rings. The van der Waals surface area contributed by atoms with E-state index in [-0.39, 0.29) is 11.9 Å². The molecule has 1 amide bonds. The van der Waals surface area contributed by atoms with Crippen LogP contribution in [0.3, 0.4) is 0 Å². The van der Waals surface area contributed by atoms with Gasteiger partial charge < -0.3 is 14.2 Å². The van der Waals surface area contributed by atoms with Crippen molar-refractivity contribution < 1.29 is 14.1 Å². The lowest BCUT2D eigenvalue weighted by atomic mass is 10.1. The van der Waals surface area contributed by atoms with Gasteiger partial charge in [0.15, 0.2) is 0 Å². The normalized spacial score (nSPS) is 15.2. The Kier molecular flexibility index (Phi) is 5.60. The molecule has 1 atom stereocenters. The minimum Gasteiger partial charge on any atom is -0.494 e. The van der Waals surface area contributed by atoms with E-state index in [0.717, 1.165) is 24.2 Å². The second kappa shape index (κ2) is 8.47. The Morgan fingerprint density at radius 3 is 2.79 bits per heavy atom. The molecular weight excluding hydrogens is 366 g/mol. The summed E-state index contributed by atoms with van der Waals surface area (Å²) in [5, 5.41) is 4.04. The van der Waals surface area contributed by atoms with Gasteiger partial charge in [0.2, 0.25) is 17.6 Å². The van der Waals surface area contributed by atoms with Crippen molar-refractivity contribution in [2.75, 3.05) is 13.7 Å². The number of aromatic nitrogens is 2. The van der Waals surface area contributed by atoms with Gasteiger partial charge in [-0.3, -0.25) is 4.79 Å². The number of carbonyl (C=O) groups excluding carboxylic acids is 1. The molecule has 6 nitrogen and oxygen atoms in total. The smallest absolute Gasteiger partial charge is 0.227 e. The van der Waals surface area contributed by atoms with Crippen LogP contribution in [0.25, 0.3) is 11.4 Å². The predicted molar refractivity (Wildman–Crippen MR) is 109 cm³/mol. The minimum atomic E-state index is 0.0903. The number of carbonyl (C=O) groups is 1. The Labute approximate surface area is 170 Å². The van der Waals surface area contributed by atoms with Crippen molar-refractivity contribution in [2.45, 2.75) is 38.6 Å². The van der Waals surface area contributed by atoms with Gasteiger partial charge in [-0.25, -0.2) is 0 Å². The zero-order valence-electron chi connectivity index (χ0n) is 16.8. The summed E-state index contributed by atoms with van der Waals surface area (Å²) in [5.74, 6) is 1.89. The largest absolute Gasteiger partial charge is 0.494 e. The lowest BCUT2D eigenvalue weighted by Gasteiger charge is -2.25. The van der Waals surface area contributed by atoms with Gasteiger partial charge in [-0.2, -0.15) is 4.98 Å². The molecular formula is C23H25N3O3. The molecule has 0 bridgehead atoms. The summed E-state index contributed by atoms with van der Waals surface area (Å²) < 4.78 is 10.8. The lowest BCUT2D eigenvalue weighted by molar-refractivity contribution is -0.132. The van der Waals surface area contributed by atoms with Gasteiger partial charge in [-0.1, -0.05) is 29.4 Å². The van der Waals surface area contributed by atoms with E-state index >= 15 is 0 Å². The number of amides is 1. The first-order chi connectivity index (χ1) is 14.2. The van der Waals surface area contributed by atoms with Crippen LogP contribution in [0.4, 0.5) is 0 Å². The summed E-state index contributed by atoms with van der Waals surface area (Å²) in [6, 6.07) is 16.1. The van der Waals surface area contributed by atoms with Crippen LogP contribution in [0.2, 0.25) is 0 Å². The number of aryl methyl sites for hydroxylation is 2. The average molecular weight is 391 g/mol. The van der Waals surface area contributed by atoms with Crippen molar-refractivity contribution in [1.82, 2.24) is 15.0 Å². The Balaban J connectivity index is 1.35. The van der Waals surface area contributed by atoms with Crippen LogP contribution in [-0.4, -0.2) is 34.6 Å². The molecule has 3 aromatic rings. The fourth-order valence-electron chi connectivity index (χ4n) is 3.84. The van der Waals surface area contributed by atoms with E-state index in [2.05, 4.69) is 28.3 Å². The fourth-order valence-corrected chi connectivity index (χ4v) is 3.84. The van der Waals surface area contributed by atoms with E-state index in [9.17, 15) is 4.79 Å². The van der Waals surface area contributed by atoms with Crippen LogP contribution in [0.1, 0.15) is 42.8 Å². The van der Waals surface area contributed by atoms with Gasteiger partial charge >= 0.3 is 0 Å². The second-order valence-electron chi connectivity index (χ2n) is 7.23. The first-order valence-corrected chi connectivity index (χ1v) is 10.0. The van der Waals surface area contributed by atoms with Crippen LogP contribution in [0.5, 0.6) is 5.75 Å². The van der Waals surface area contributed by atoms with E-state index in [1.807, 2.05) is 49.2 Å². The first-order valence-electron chi connectivity index (χ1n) is 10.0. The Bertz CT molecular complexity index is 981. The van der Waals surface area contributed by atoms with E-state index in [1.54, 1.807) is 0 Å². The molecule has 0 aliphatic heterocycles. The van der Waals surface area contributed by atoms with Crippen LogP contribution < -0.4 is 4.74 Å². The van der Waals surface area contributed by atoms with Crippen LogP contribution in [-0.2, 0) is 17.6 Å². The summed E-state index contributed by atoms with van der Waals surface area (Å²) in [7, 11) is 1.88. The molecule has 0 N–H and O–H groups in total. The number of rotatable bonds is 7. The highest BCUT2D eigenvalue weighted by atomic mass is 16.5. The van der Waals surface area contributed by atoms with Crippen molar-refractivity contribution in [3.8, 4) is 17.1 Å². The number of ether oxygens (including phenoxy) is 1. The van der Waals surface area contributed by atoms with Crippen molar-refractivity contribution in [3.05, 3.63) is 65.5 Å². The van der Waals surface area contributed by atoms with Crippen molar-refractivity contribution >= 4 is 5.91 Å². The first kappa shape index (κ1) is 19.2. The molecule has 0 saturated heterocycles. The van der Waals surface area contributed by atoms with Crippen LogP contribution in [0, 0.1) is 0 Å². The zero-order chi connectivity index (χ0) is 20.2. The Morgan fingerprint density at radius 2 is 2.00 bits per heavy atom. The zero-order valence-corrected chi connectivity index (χ0v) is 16.8. The molecule has 1 aromatic heterocycles. The molecule has 29 heavy (non-hydrogen) atoms. The van der Waals surface area contributed by atoms with E-state index in [0.29, 0.717) is 31.2 Å². The maximum atomic E-state index is 12.7. The molecule has 1 aliphatic carbocycles. The molecule has 0 saturated carbocycles. The third kappa shape index (κ3) is 4.16. The Morgan fingerprint density at radius 1 is 1.21 bits per heavy atom. The number of benzene rings is 2. The molecule has 0 spiro atoms. The van der Waals surface area contributed by atoms with E-state index < -0.39 is 0 Å². The minimum absolute atomic E-state index is 0.0903. The second-order valence-corrected chi connectivity index (χ2v) is 7.23. The highest BCUT2D eigenvalue weighted by molar-refractivity contribution is 5.76. The fraction of sp³-hybridized carbons (Fsp3) is 0.348. The standard InChI is InChI=1S/C23H25N3O3/c1-3-28-18-11-8-17(9-12-18)23-24-21(29-25-23)14-15-22(27)26(2)20-13-10-16-6-4-5-7-19(16)20/h4-9,11-12,20H,3,10,13-15H2,1-2H3. The highest BCUT2D eigenvalue weighted by Gasteiger charge is 2.28. The van der Waals surface area contributed by atoms with Crippen molar-refractivity contribution in [3.63, 3.8) is 0 Å². The molecule has 1 heterocycles. The molecule has 6 heteroatoms. The molecule has 2 aromatic carbocycles. The molecule has 150 valence electrons. The maximum absolute atomic E-state index is 12.7. The van der Waals surface area contributed by atoms with E-state index in [1.165, 1.54) is 11.1 Å². The number of hydrogen-bond donors (Lipinski definition) is 0. The topological polar surface area (TPSA) is 68.5 Å². The lowest BCUT2D eigenvalue weighted by Crippen LogP contribution is -2.30. The molecule has 4 rings (SSSR count). The van der Waals surface area contributed by atoms with Gasteiger partial charge in [0.25, 0.3) is 0 Å².